The number of ether oxygens (including phenoxy) is 1. The number of aliphatic imine (C=N–C) groups is 1. The van der Waals surface area contributed by atoms with Crippen LogP contribution in [0.1, 0.15) is 23.9 Å². The number of aromatic amines is 1. The van der Waals surface area contributed by atoms with Gasteiger partial charge in [-0.25, -0.2) is 4.98 Å². The fraction of sp³-hybridized carbons (Fsp3) is 0.304. The molecule has 0 saturated heterocycles. The van der Waals surface area contributed by atoms with E-state index in [1.807, 2.05) is 50.5 Å². The minimum Gasteiger partial charge on any atom is -0.377 e. The Kier molecular flexibility index (Phi) is 9.82. The lowest BCUT2D eigenvalue weighted by Crippen LogP contribution is -2.38. The lowest BCUT2D eigenvalue weighted by molar-refractivity contribution is 0.133. The van der Waals surface area contributed by atoms with Crippen molar-refractivity contribution in [2.75, 3.05) is 20.7 Å². The second kappa shape index (κ2) is 12.3. The summed E-state index contributed by atoms with van der Waals surface area (Å²) in [6.45, 7) is 4.66. The van der Waals surface area contributed by atoms with Gasteiger partial charge in [-0.15, -0.1) is 24.0 Å². The van der Waals surface area contributed by atoms with Crippen molar-refractivity contribution in [1.29, 1.82) is 0 Å². The van der Waals surface area contributed by atoms with Gasteiger partial charge in [0.25, 0.3) is 0 Å². The predicted molar refractivity (Wildman–Crippen MR) is 133 cm³/mol. The van der Waals surface area contributed by atoms with Crippen LogP contribution in [0.25, 0.3) is 11.3 Å². The average molecular weight is 519 g/mol. The van der Waals surface area contributed by atoms with E-state index in [9.17, 15) is 0 Å². The van der Waals surface area contributed by atoms with Gasteiger partial charge < -0.3 is 19.9 Å². The van der Waals surface area contributed by atoms with Crippen molar-refractivity contribution in [3.05, 3.63) is 77.7 Å². The maximum absolute atomic E-state index is 5.58. The van der Waals surface area contributed by atoms with Crippen molar-refractivity contribution < 1.29 is 4.74 Å². The van der Waals surface area contributed by atoms with Gasteiger partial charge in [0.1, 0.15) is 5.82 Å². The van der Waals surface area contributed by atoms with E-state index in [0.29, 0.717) is 26.3 Å². The number of aromatic nitrogens is 2. The monoisotopic (exact) mass is 519 g/mol. The van der Waals surface area contributed by atoms with Crippen LogP contribution in [-0.4, -0.2) is 41.5 Å². The molecule has 0 saturated carbocycles. The van der Waals surface area contributed by atoms with Crippen LogP contribution in [0.4, 0.5) is 0 Å². The number of hydrogen-bond acceptors (Lipinski definition) is 3. The Bertz CT molecular complexity index is 926. The fourth-order valence-electron chi connectivity index (χ4n) is 3.15. The van der Waals surface area contributed by atoms with Crippen LogP contribution < -0.4 is 5.32 Å². The summed E-state index contributed by atoms with van der Waals surface area (Å²) >= 11 is 0. The maximum atomic E-state index is 5.58. The molecule has 6 nitrogen and oxygen atoms in total. The van der Waals surface area contributed by atoms with Crippen LogP contribution in [-0.2, 0) is 24.4 Å². The van der Waals surface area contributed by atoms with Gasteiger partial charge in [0.2, 0.25) is 0 Å². The van der Waals surface area contributed by atoms with E-state index < -0.39 is 0 Å². The first kappa shape index (κ1) is 23.9. The molecule has 0 aliphatic carbocycles. The lowest BCUT2D eigenvalue weighted by Gasteiger charge is -2.21. The van der Waals surface area contributed by atoms with Crippen LogP contribution in [0.5, 0.6) is 0 Å². The number of rotatable bonds is 8. The zero-order valence-corrected chi connectivity index (χ0v) is 20.1. The highest BCUT2D eigenvalue weighted by Gasteiger charge is 2.11. The van der Waals surface area contributed by atoms with Gasteiger partial charge in [0.05, 0.1) is 25.0 Å². The second-order valence-electron chi connectivity index (χ2n) is 6.77. The third-order valence-electron chi connectivity index (χ3n) is 4.69. The summed E-state index contributed by atoms with van der Waals surface area (Å²) in [5, 5.41) is 3.44. The van der Waals surface area contributed by atoms with Crippen LogP contribution in [0.2, 0.25) is 0 Å². The van der Waals surface area contributed by atoms with Crippen LogP contribution in [0, 0.1) is 0 Å². The Labute approximate surface area is 195 Å². The van der Waals surface area contributed by atoms with Crippen LogP contribution in [0.3, 0.4) is 0 Å². The first-order valence-electron chi connectivity index (χ1n) is 9.87. The number of benzene rings is 2. The third-order valence-corrected chi connectivity index (χ3v) is 4.69. The molecular weight excluding hydrogens is 489 g/mol. The van der Waals surface area contributed by atoms with E-state index in [1.54, 1.807) is 7.05 Å². The zero-order valence-electron chi connectivity index (χ0n) is 17.8. The molecule has 0 spiro atoms. The summed E-state index contributed by atoms with van der Waals surface area (Å²) < 4.78 is 5.58. The minimum atomic E-state index is 0. The van der Waals surface area contributed by atoms with Crippen molar-refractivity contribution >= 4 is 29.9 Å². The Balaban J connectivity index is 0.00000320. The first-order chi connectivity index (χ1) is 14.2. The van der Waals surface area contributed by atoms with Crippen molar-refractivity contribution in [3.63, 3.8) is 0 Å². The number of guanidine groups is 1. The predicted octanol–water partition coefficient (Wildman–Crippen LogP) is 4.44. The highest BCUT2D eigenvalue weighted by atomic mass is 127. The van der Waals surface area contributed by atoms with Gasteiger partial charge in [0, 0.05) is 27.2 Å². The summed E-state index contributed by atoms with van der Waals surface area (Å²) in [7, 11) is 3.80. The van der Waals surface area contributed by atoms with E-state index in [4.69, 9.17) is 4.74 Å². The fourth-order valence-corrected chi connectivity index (χ4v) is 3.15. The summed E-state index contributed by atoms with van der Waals surface area (Å²) in [6.07, 6.45) is 1.87. The molecule has 0 unspecified atom stereocenters. The normalized spacial score (nSPS) is 11.1. The Morgan fingerprint density at radius 1 is 1.10 bits per heavy atom. The van der Waals surface area contributed by atoms with Gasteiger partial charge >= 0.3 is 0 Å². The van der Waals surface area contributed by atoms with E-state index in [-0.39, 0.29) is 24.0 Å². The number of nitrogens with one attached hydrogen (secondary N) is 2. The molecule has 2 aromatic carbocycles. The Hall–Kier alpha value is -2.39. The zero-order chi connectivity index (χ0) is 20.5. The molecule has 3 aromatic rings. The van der Waals surface area contributed by atoms with Crippen molar-refractivity contribution in [1.82, 2.24) is 20.2 Å². The molecule has 1 aromatic heterocycles. The topological polar surface area (TPSA) is 65.5 Å². The third kappa shape index (κ3) is 6.56. The molecule has 7 heteroatoms. The highest BCUT2D eigenvalue weighted by molar-refractivity contribution is 14.0. The van der Waals surface area contributed by atoms with Crippen LogP contribution in [0.15, 0.2) is 65.8 Å². The number of hydrogen-bond donors (Lipinski definition) is 2. The van der Waals surface area contributed by atoms with E-state index in [0.717, 1.165) is 23.0 Å². The molecular formula is C23H30IN5O. The van der Waals surface area contributed by atoms with Gasteiger partial charge in [-0.05, 0) is 23.6 Å². The Morgan fingerprint density at radius 3 is 2.50 bits per heavy atom. The minimum absolute atomic E-state index is 0. The highest BCUT2D eigenvalue weighted by Crippen LogP contribution is 2.16. The molecule has 1 heterocycles. The maximum Gasteiger partial charge on any atom is 0.194 e. The summed E-state index contributed by atoms with van der Waals surface area (Å²) in [4.78, 5) is 14.4. The molecule has 0 bridgehead atoms. The molecule has 160 valence electrons. The number of nitrogens with zero attached hydrogens (tertiary/aromatic N) is 3. The van der Waals surface area contributed by atoms with Gasteiger partial charge in [0.15, 0.2) is 5.96 Å². The largest absolute Gasteiger partial charge is 0.377 e. The molecule has 30 heavy (non-hydrogen) atoms. The molecule has 0 amide bonds. The van der Waals surface area contributed by atoms with Crippen molar-refractivity contribution in [2.24, 2.45) is 4.99 Å². The molecule has 0 aliphatic heterocycles. The van der Waals surface area contributed by atoms with Gasteiger partial charge in [-0.3, -0.25) is 4.99 Å². The standard InChI is InChI=1S/C23H29N5O.HI/c1-4-29-17-20-13-9-8-12-19(20)14-26-23(24-2)28(3)16-22-25-15-21(27-22)18-10-6-5-7-11-18;/h5-13,15H,4,14,16-17H2,1-3H3,(H,24,26)(H,25,27);1H. The molecule has 0 atom stereocenters. The van der Waals surface area contributed by atoms with Gasteiger partial charge in [-0.1, -0.05) is 54.6 Å². The van der Waals surface area contributed by atoms with E-state index in [1.165, 1.54) is 11.1 Å². The summed E-state index contributed by atoms with van der Waals surface area (Å²) in [5.41, 5.74) is 4.54. The smallest absolute Gasteiger partial charge is 0.194 e. The molecule has 0 radical (unpaired) electrons. The second-order valence-corrected chi connectivity index (χ2v) is 6.77. The van der Waals surface area contributed by atoms with Crippen molar-refractivity contribution in [2.45, 2.75) is 26.6 Å². The average Bonchev–Trinajstić information content (AvgIpc) is 3.22. The van der Waals surface area contributed by atoms with Crippen LogP contribution >= 0.6 is 24.0 Å². The number of H-pyrrole nitrogens is 1. The van der Waals surface area contributed by atoms with Gasteiger partial charge in [-0.2, -0.15) is 0 Å². The first-order valence-corrected chi connectivity index (χ1v) is 9.87. The lowest BCUT2D eigenvalue weighted by atomic mass is 10.1. The van der Waals surface area contributed by atoms with E-state index >= 15 is 0 Å². The molecule has 3 rings (SSSR count). The quantitative estimate of drug-likeness (QED) is 0.263. The Morgan fingerprint density at radius 2 is 1.80 bits per heavy atom. The summed E-state index contributed by atoms with van der Waals surface area (Å²) in [6, 6.07) is 18.5. The SMILES string of the molecule is CCOCc1ccccc1CNC(=NC)N(C)Cc1ncc(-c2ccccc2)[nH]1.I. The van der Waals surface area contributed by atoms with Crippen molar-refractivity contribution in [3.8, 4) is 11.3 Å². The number of halogens is 1. The molecule has 2 N–H and O–H groups in total. The summed E-state index contributed by atoms with van der Waals surface area (Å²) in [5.74, 6) is 1.71. The molecule has 0 aliphatic rings. The number of imidazole rings is 1. The molecule has 0 fully saturated rings. The van der Waals surface area contributed by atoms with E-state index in [2.05, 4.69) is 49.4 Å².